The summed E-state index contributed by atoms with van der Waals surface area (Å²) in [6, 6.07) is 0. The monoisotopic (exact) mass is 235 g/mol. The van der Waals surface area contributed by atoms with Crippen molar-refractivity contribution in [3.63, 3.8) is 0 Å². The number of nitrogens with one attached hydrogen (secondary N) is 1. The van der Waals surface area contributed by atoms with E-state index in [0.717, 1.165) is 45.6 Å². The first kappa shape index (κ1) is 11.2. The summed E-state index contributed by atoms with van der Waals surface area (Å²) in [5.41, 5.74) is 2.82. The van der Waals surface area contributed by atoms with Gasteiger partial charge in [0.05, 0.1) is 17.8 Å². The first-order valence-corrected chi connectivity index (χ1v) is 6.63. The van der Waals surface area contributed by atoms with Gasteiger partial charge in [-0.05, 0) is 13.3 Å². The second kappa shape index (κ2) is 4.10. The molecule has 4 nitrogen and oxygen atoms in total. The van der Waals surface area contributed by atoms with E-state index in [1.54, 1.807) is 0 Å². The molecular formula is C13H21N3O. The fourth-order valence-electron chi connectivity index (χ4n) is 3.07. The van der Waals surface area contributed by atoms with Gasteiger partial charge in [0.15, 0.2) is 0 Å². The molecule has 0 aromatic carbocycles. The van der Waals surface area contributed by atoms with E-state index in [9.17, 15) is 0 Å². The van der Waals surface area contributed by atoms with Crippen LogP contribution in [0.2, 0.25) is 0 Å². The van der Waals surface area contributed by atoms with Crippen molar-refractivity contribution in [3.05, 3.63) is 17.2 Å². The minimum atomic E-state index is 0.128. The topological polar surface area (TPSA) is 39.1 Å². The molecule has 3 heterocycles. The molecule has 0 aliphatic carbocycles. The van der Waals surface area contributed by atoms with Gasteiger partial charge < -0.3 is 14.6 Å². The lowest BCUT2D eigenvalue weighted by Gasteiger charge is -2.29. The Hall–Kier alpha value is -0.870. The van der Waals surface area contributed by atoms with Crippen LogP contribution >= 0.6 is 0 Å². The molecule has 0 spiro atoms. The third-order valence-electron chi connectivity index (χ3n) is 4.01. The molecule has 0 bridgehead atoms. The van der Waals surface area contributed by atoms with Crippen LogP contribution in [0.4, 0.5) is 0 Å². The predicted molar refractivity (Wildman–Crippen MR) is 66.1 cm³/mol. The van der Waals surface area contributed by atoms with Gasteiger partial charge in [-0.25, -0.2) is 4.98 Å². The Kier molecular flexibility index (Phi) is 2.71. The molecule has 1 unspecified atom stereocenters. The zero-order valence-corrected chi connectivity index (χ0v) is 10.8. The predicted octanol–water partition coefficient (Wildman–Crippen LogP) is 1.23. The SMILES string of the molecule is CCc1nc2c(n1C1(C)CCOC1)CCNC2. The summed E-state index contributed by atoms with van der Waals surface area (Å²) in [7, 11) is 0. The second-order valence-electron chi connectivity index (χ2n) is 5.34. The summed E-state index contributed by atoms with van der Waals surface area (Å²) in [5.74, 6) is 1.23. The summed E-state index contributed by atoms with van der Waals surface area (Å²) in [5, 5.41) is 3.40. The largest absolute Gasteiger partial charge is 0.379 e. The van der Waals surface area contributed by atoms with Gasteiger partial charge in [0, 0.05) is 38.2 Å². The normalized spacial score (nSPS) is 28.4. The number of imidazole rings is 1. The molecule has 1 fully saturated rings. The summed E-state index contributed by atoms with van der Waals surface area (Å²) in [4.78, 5) is 4.80. The van der Waals surface area contributed by atoms with E-state index in [4.69, 9.17) is 9.72 Å². The van der Waals surface area contributed by atoms with E-state index in [1.807, 2.05) is 0 Å². The van der Waals surface area contributed by atoms with Crippen molar-refractivity contribution >= 4 is 0 Å². The quantitative estimate of drug-likeness (QED) is 0.838. The number of aromatic nitrogens is 2. The molecule has 1 atom stereocenters. The number of hydrogen-bond donors (Lipinski definition) is 1. The first-order valence-electron chi connectivity index (χ1n) is 6.63. The molecule has 17 heavy (non-hydrogen) atoms. The lowest BCUT2D eigenvalue weighted by atomic mass is 9.99. The van der Waals surface area contributed by atoms with E-state index >= 15 is 0 Å². The summed E-state index contributed by atoms with van der Waals surface area (Å²) >= 11 is 0. The van der Waals surface area contributed by atoms with Crippen molar-refractivity contribution in [1.82, 2.24) is 14.9 Å². The third kappa shape index (κ3) is 1.70. The average Bonchev–Trinajstić information content (AvgIpc) is 2.92. The number of ether oxygens (including phenoxy) is 1. The Morgan fingerprint density at radius 2 is 2.41 bits per heavy atom. The highest BCUT2D eigenvalue weighted by Crippen LogP contribution is 2.32. The highest BCUT2D eigenvalue weighted by molar-refractivity contribution is 5.23. The lowest BCUT2D eigenvalue weighted by Crippen LogP contribution is -2.35. The number of aryl methyl sites for hydroxylation is 1. The maximum atomic E-state index is 5.61. The van der Waals surface area contributed by atoms with Crippen LogP contribution in [0, 0.1) is 0 Å². The Morgan fingerprint density at radius 3 is 3.12 bits per heavy atom. The summed E-state index contributed by atoms with van der Waals surface area (Å²) in [6.07, 6.45) is 3.21. The molecule has 1 aromatic rings. The Labute approximate surface area is 102 Å². The number of fused-ring (bicyclic) bond motifs is 1. The van der Waals surface area contributed by atoms with Crippen LogP contribution in [-0.2, 0) is 29.7 Å². The van der Waals surface area contributed by atoms with Crippen molar-refractivity contribution in [1.29, 1.82) is 0 Å². The van der Waals surface area contributed by atoms with Gasteiger partial charge >= 0.3 is 0 Å². The van der Waals surface area contributed by atoms with E-state index < -0.39 is 0 Å². The second-order valence-corrected chi connectivity index (χ2v) is 5.34. The highest BCUT2D eigenvalue weighted by Gasteiger charge is 2.36. The molecule has 2 aliphatic heterocycles. The molecule has 1 saturated heterocycles. The molecule has 4 heteroatoms. The molecular weight excluding hydrogens is 214 g/mol. The minimum absolute atomic E-state index is 0.128. The molecule has 1 N–H and O–H groups in total. The molecule has 3 rings (SSSR count). The van der Waals surface area contributed by atoms with Crippen LogP contribution in [0.25, 0.3) is 0 Å². The van der Waals surface area contributed by atoms with Crippen LogP contribution in [-0.4, -0.2) is 29.3 Å². The van der Waals surface area contributed by atoms with Gasteiger partial charge in [0.25, 0.3) is 0 Å². The van der Waals surface area contributed by atoms with E-state index in [1.165, 1.54) is 17.2 Å². The maximum Gasteiger partial charge on any atom is 0.109 e. The number of rotatable bonds is 2. The van der Waals surface area contributed by atoms with Gasteiger partial charge in [-0.15, -0.1) is 0 Å². The summed E-state index contributed by atoms with van der Waals surface area (Å²) in [6.45, 7) is 8.20. The van der Waals surface area contributed by atoms with Crippen molar-refractivity contribution in [2.45, 2.75) is 45.2 Å². The zero-order chi connectivity index (χ0) is 11.9. The number of nitrogens with zero attached hydrogens (tertiary/aromatic N) is 2. The molecule has 0 saturated carbocycles. The first-order chi connectivity index (χ1) is 8.24. The van der Waals surface area contributed by atoms with Crippen LogP contribution in [0.3, 0.4) is 0 Å². The van der Waals surface area contributed by atoms with Gasteiger partial charge in [0.1, 0.15) is 5.82 Å². The summed E-state index contributed by atoms with van der Waals surface area (Å²) < 4.78 is 8.09. The van der Waals surface area contributed by atoms with Crippen molar-refractivity contribution < 1.29 is 4.74 Å². The lowest BCUT2D eigenvalue weighted by molar-refractivity contribution is 0.159. The standard InChI is InChI=1S/C13H21N3O/c1-3-12-15-10-8-14-6-4-11(10)16(12)13(2)5-7-17-9-13/h14H,3-9H2,1-2H3. The minimum Gasteiger partial charge on any atom is -0.379 e. The maximum absolute atomic E-state index is 5.61. The Bertz CT molecular complexity index is 419. The molecule has 0 amide bonds. The van der Waals surface area contributed by atoms with Crippen LogP contribution in [0.5, 0.6) is 0 Å². The fourth-order valence-corrected chi connectivity index (χ4v) is 3.07. The van der Waals surface area contributed by atoms with E-state index in [2.05, 4.69) is 23.7 Å². The molecule has 2 aliphatic rings. The van der Waals surface area contributed by atoms with E-state index in [-0.39, 0.29) is 5.54 Å². The Morgan fingerprint density at radius 1 is 1.53 bits per heavy atom. The van der Waals surface area contributed by atoms with Crippen molar-refractivity contribution in [3.8, 4) is 0 Å². The van der Waals surface area contributed by atoms with Gasteiger partial charge in [-0.1, -0.05) is 6.92 Å². The van der Waals surface area contributed by atoms with Crippen LogP contribution in [0.1, 0.15) is 37.5 Å². The van der Waals surface area contributed by atoms with Crippen LogP contribution < -0.4 is 5.32 Å². The van der Waals surface area contributed by atoms with E-state index in [0.29, 0.717) is 0 Å². The zero-order valence-electron chi connectivity index (χ0n) is 10.8. The smallest absolute Gasteiger partial charge is 0.109 e. The van der Waals surface area contributed by atoms with Crippen molar-refractivity contribution in [2.24, 2.45) is 0 Å². The third-order valence-corrected chi connectivity index (χ3v) is 4.01. The molecule has 94 valence electrons. The fraction of sp³-hybridized carbons (Fsp3) is 0.769. The van der Waals surface area contributed by atoms with Gasteiger partial charge in [-0.2, -0.15) is 0 Å². The Balaban J connectivity index is 2.10. The van der Waals surface area contributed by atoms with Crippen LogP contribution in [0.15, 0.2) is 0 Å². The van der Waals surface area contributed by atoms with Crippen molar-refractivity contribution in [2.75, 3.05) is 19.8 Å². The van der Waals surface area contributed by atoms with Gasteiger partial charge in [0.2, 0.25) is 0 Å². The molecule has 0 radical (unpaired) electrons. The molecule has 1 aromatic heterocycles. The number of hydrogen-bond acceptors (Lipinski definition) is 3. The average molecular weight is 235 g/mol. The van der Waals surface area contributed by atoms with Gasteiger partial charge in [-0.3, -0.25) is 0 Å². The highest BCUT2D eigenvalue weighted by atomic mass is 16.5.